The molecule has 1 amide bonds. The number of sulfonamides is 1. The second-order valence-corrected chi connectivity index (χ2v) is 7.82. The van der Waals surface area contributed by atoms with E-state index in [-0.39, 0.29) is 10.8 Å². The Morgan fingerprint density at radius 2 is 1.74 bits per heavy atom. The summed E-state index contributed by atoms with van der Waals surface area (Å²) in [5, 5.41) is 2.61. The van der Waals surface area contributed by atoms with E-state index >= 15 is 0 Å². The lowest BCUT2D eigenvalue weighted by Gasteiger charge is -2.15. The molecule has 2 N–H and O–H groups in total. The Labute approximate surface area is 158 Å². The van der Waals surface area contributed by atoms with E-state index in [0.29, 0.717) is 5.69 Å². The van der Waals surface area contributed by atoms with Crippen LogP contribution in [0, 0.1) is 0 Å². The Bertz CT molecular complexity index is 1010. The summed E-state index contributed by atoms with van der Waals surface area (Å²) in [5.74, 6) is -0.212. The molecule has 0 unspecified atom stereocenters. The Morgan fingerprint density at radius 1 is 1.07 bits per heavy atom. The minimum atomic E-state index is -3.68. The van der Waals surface area contributed by atoms with Crippen LogP contribution in [0.5, 0.6) is 0 Å². The smallest absolute Gasteiger partial charge is 0.241 e. The van der Waals surface area contributed by atoms with E-state index in [9.17, 15) is 13.2 Å². The molecular weight excluding hydrogens is 364 g/mol. The van der Waals surface area contributed by atoms with E-state index in [2.05, 4.69) is 15.0 Å². The Morgan fingerprint density at radius 3 is 2.30 bits per heavy atom. The molecule has 0 spiro atoms. The second-order valence-electron chi connectivity index (χ2n) is 6.11. The second kappa shape index (κ2) is 7.73. The minimum absolute atomic E-state index is 0.137. The molecule has 140 valence electrons. The average Bonchev–Trinajstić information content (AvgIpc) is 3.16. The molecule has 0 radical (unpaired) electrons. The number of amides is 1. The molecule has 0 aliphatic carbocycles. The number of nitrogens with zero attached hydrogens (tertiary/aromatic N) is 2. The number of rotatable bonds is 6. The van der Waals surface area contributed by atoms with Crippen molar-refractivity contribution in [2.24, 2.45) is 0 Å². The van der Waals surface area contributed by atoms with Crippen molar-refractivity contribution in [1.82, 2.24) is 14.3 Å². The highest BCUT2D eigenvalue weighted by atomic mass is 32.2. The molecule has 3 aromatic rings. The SMILES string of the molecule is CC(=O)Nc1ccc(S(=O)(=O)N[C@H](C)c2ccc(-n3ccnc3)cc2)cc1. The van der Waals surface area contributed by atoms with Gasteiger partial charge in [-0.1, -0.05) is 12.1 Å². The fourth-order valence-corrected chi connectivity index (χ4v) is 3.87. The third-order valence-electron chi connectivity index (χ3n) is 4.01. The number of hydrogen-bond donors (Lipinski definition) is 2. The largest absolute Gasteiger partial charge is 0.326 e. The summed E-state index contributed by atoms with van der Waals surface area (Å²) in [5.41, 5.74) is 2.33. The molecule has 1 atom stereocenters. The van der Waals surface area contributed by atoms with Crippen molar-refractivity contribution >= 4 is 21.6 Å². The lowest BCUT2D eigenvalue weighted by Crippen LogP contribution is -2.26. The Balaban J connectivity index is 1.72. The van der Waals surface area contributed by atoms with Crippen molar-refractivity contribution in [1.29, 1.82) is 0 Å². The minimum Gasteiger partial charge on any atom is -0.326 e. The van der Waals surface area contributed by atoms with Gasteiger partial charge < -0.3 is 9.88 Å². The summed E-state index contributed by atoms with van der Waals surface area (Å²) in [7, 11) is -3.68. The first kappa shape index (κ1) is 18.8. The summed E-state index contributed by atoms with van der Waals surface area (Å²) in [6.07, 6.45) is 5.24. The number of anilines is 1. The van der Waals surface area contributed by atoms with Gasteiger partial charge in [-0.05, 0) is 48.9 Å². The molecule has 1 aromatic heterocycles. The van der Waals surface area contributed by atoms with Crippen molar-refractivity contribution < 1.29 is 13.2 Å². The normalized spacial score (nSPS) is 12.5. The monoisotopic (exact) mass is 384 g/mol. The van der Waals surface area contributed by atoms with Crippen LogP contribution in [-0.4, -0.2) is 23.9 Å². The molecule has 0 saturated heterocycles. The topological polar surface area (TPSA) is 93.1 Å². The number of carbonyl (C=O) groups excluding carboxylic acids is 1. The summed E-state index contributed by atoms with van der Waals surface area (Å²) in [6.45, 7) is 3.18. The molecule has 0 aliphatic heterocycles. The van der Waals surface area contributed by atoms with Crippen LogP contribution >= 0.6 is 0 Å². The third-order valence-corrected chi connectivity index (χ3v) is 5.57. The summed E-state index contributed by atoms with van der Waals surface area (Å²) >= 11 is 0. The van der Waals surface area contributed by atoms with Crippen LogP contribution in [0.15, 0.2) is 72.1 Å². The Hall–Kier alpha value is -2.97. The zero-order chi connectivity index (χ0) is 19.4. The van der Waals surface area contributed by atoms with Crippen LogP contribution in [0.1, 0.15) is 25.5 Å². The van der Waals surface area contributed by atoms with Gasteiger partial charge in [0.15, 0.2) is 0 Å². The zero-order valence-electron chi connectivity index (χ0n) is 15.0. The molecule has 3 rings (SSSR count). The van der Waals surface area contributed by atoms with E-state index in [1.165, 1.54) is 19.1 Å². The number of benzene rings is 2. The molecule has 7 nitrogen and oxygen atoms in total. The van der Waals surface area contributed by atoms with Gasteiger partial charge in [0, 0.05) is 36.7 Å². The van der Waals surface area contributed by atoms with Gasteiger partial charge >= 0.3 is 0 Å². The molecule has 27 heavy (non-hydrogen) atoms. The van der Waals surface area contributed by atoms with Gasteiger partial charge in [0.25, 0.3) is 0 Å². The highest BCUT2D eigenvalue weighted by Gasteiger charge is 2.18. The maximum atomic E-state index is 12.6. The van der Waals surface area contributed by atoms with E-state index in [0.717, 1.165) is 11.3 Å². The number of aromatic nitrogens is 2. The maximum Gasteiger partial charge on any atom is 0.241 e. The number of imidazole rings is 1. The van der Waals surface area contributed by atoms with Gasteiger partial charge in [-0.25, -0.2) is 18.1 Å². The number of carbonyl (C=O) groups is 1. The van der Waals surface area contributed by atoms with Crippen molar-refractivity contribution in [3.8, 4) is 5.69 Å². The van der Waals surface area contributed by atoms with Gasteiger partial charge in [-0.15, -0.1) is 0 Å². The Kier molecular flexibility index (Phi) is 5.38. The van der Waals surface area contributed by atoms with Gasteiger partial charge in [0.2, 0.25) is 15.9 Å². The summed E-state index contributed by atoms with van der Waals surface area (Å²) in [4.78, 5) is 15.2. The lowest BCUT2D eigenvalue weighted by molar-refractivity contribution is -0.114. The van der Waals surface area contributed by atoms with Gasteiger partial charge in [-0.2, -0.15) is 0 Å². The van der Waals surface area contributed by atoms with Crippen molar-refractivity contribution in [2.75, 3.05) is 5.32 Å². The molecule has 0 fully saturated rings. The first-order valence-electron chi connectivity index (χ1n) is 8.33. The van der Waals surface area contributed by atoms with Crippen LogP contribution in [0.25, 0.3) is 5.69 Å². The van der Waals surface area contributed by atoms with Crippen LogP contribution < -0.4 is 10.0 Å². The molecule has 1 heterocycles. The molecule has 0 saturated carbocycles. The predicted molar refractivity (Wildman–Crippen MR) is 103 cm³/mol. The average molecular weight is 384 g/mol. The number of nitrogens with one attached hydrogen (secondary N) is 2. The number of hydrogen-bond acceptors (Lipinski definition) is 4. The van der Waals surface area contributed by atoms with Crippen molar-refractivity contribution in [3.63, 3.8) is 0 Å². The van der Waals surface area contributed by atoms with Crippen molar-refractivity contribution in [2.45, 2.75) is 24.8 Å². The zero-order valence-corrected chi connectivity index (χ0v) is 15.8. The molecule has 8 heteroatoms. The predicted octanol–water partition coefficient (Wildman–Crippen LogP) is 2.87. The lowest BCUT2D eigenvalue weighted by atomic mass is 10.1. The van der Waals surface area contributed by atoms with Crippen LogP contribution in [-0.2, 0) is 14.8 Å². The van der Waals surface area contributed by atoms with E-state index in [4.69, 9.17) is 0 Å². The quantitative estimate of drug-likeness (QED) is 0.683. The summed E-state index contributed by atoms with van der Waals surface area (Å²) in [6, 6.07) is 13.2. The van der Waals surface area contributed by atoms with Crippen LogP contribution in [0.4, 0.5) is 5.69 Å². The summed E-state index contributed by atoms with van der Waals surface area (Å²) < 4.78 is 29.7. The molecule has 0 bridgehead atoms. The van der Waals surface area contributed by atoms with E-state index in [1.54, 1.807) is 31.6 Å². The molecule has 0 aliphatic rings. The van der Waals surface area contributed by atoms with E-state index < -0.39 is 16.1 Å². The molecule has 2 aromatic carbocycles. The third kappa shape index (κ3) is 4.60. The standard InChI is InChI=1S/C19H20N4O3S/c1-14(16-3-7-18(8-4-16)23-12-11-20-13-23)22-27(25,26)19-9-5-17(6-10-19)21-15(2)24/h3-14,22H,1-2H3,(H,21,24)/t14-/m1/s1. The first-order valence-corrected chi connectivity index (χ1v) is 9.82. The fraction of sp³-hybridized carbons (Fsp3) is 0.158. The van der Waals surface area contributed by atoms with Crippen LogP contribution in [0.3, 0.4) is 0 Å². The first-order chi connectivity index (χ1) is 12.8. The van der Waals surface area contributed by atoms with E-state index in [1.807, 2.05) is 35.0 Å². The maximum absolute atomic E-state index is 12.6. The molecular formula is C19H20N4O3S. The van der Waals surface area contributed by atoms with Crippen molar-refractivity contribution in [3.05, 3.63) is 72.8 Å². The van der Waals surface area contributed by atoms with Crippen LogP contribution in [0.2, 0.25) is 0 Å². The van der Waals surface area contributed by atoms with Gasteiger partial charge in [0.05, 0.1) is 11.2 Å². The highest BCUT2D eigenvalue weighted by molar-refractivity contribution is 7.89. The van der Waals surface area contributed by atoms with Gasteiger partial charge in [0.1, 0.15) is 0 Å². The highest BCUT2D eigenvalue weighted by Crippen LogP contribution is 2.20. The fourth-order valence-electron chi connectivity index (χ4n) is 2.64. The van der Waals surface area contributed by atoms with Gasteiger partial charge in [-0.3, -0.25) is 4.79 Å².